The highest BCUT2D eigenvalue weighted by atomic mass is 127. The van der Waals surface area contributed by atoms with Crippen LogP contribution in [0, 0.1) is 3.57 Å². The van der Waals surface area contributed by atoms with Gasteiger partial charge < -0.3 is 5.32 Å². The van der Waals surface area contributed by atoms with E-state index in [-0.39, 0.29) is 5.91 Å². The van der Waals surface area contributed by atoms with Gasteiger partial charge in [0.1, 0.15) is 0 Å². The van der Waals surface area contributed by atoms with Crippen molar-refractivity contribution in [3.05, 3.63) is 33.4 Å². The van der Waals surface area contributed by atoms with Crippen LogP contribution in [0.1, 0.15) is 18.9 Å². The van der Waals surface area contributed by atoms with Gasteiger partial charge in [-0.25, -0.2) is 0 Å². The second-order valence-electron chi connectivity index (χ2n) is 2.76. The first-order valence-corrected chi connectivity index (χ1v) is 5.31. The summed E-state index contributed by atoms with van der Waals surface area (Å²) in [6, 6.07) is 8.12. The SMILES string of the molecule is CCC(=O)NCc1ccc(I)cc1. The molecule has 0 aliphatic rings. The van der Waals surface area contributed by atoms with Crippen molar-refractivity contribution in [2.75, 3.05) is 0 Å². The zero-order chi connectivity index (χ0) is 9.68. The number of benzene rings is 1. The molecule has 0 saturated carbocycles. The van der Waals surface area contributed by atoms with Gasteiger partial charge in [-0.1, -0.05) is 19.1 Å². The van der Waals surface area contributed by atoms with Crippen LogP contribution in [0.5, 0.6) is 0 Å². The Bertz CT molecular complexity index is 281. The lowest BCUT2D eigenvalue weighted by atomic mass is 10.2. The predicted molar refractivity (Wildman–Crippen MR) is 61.3 cm³/mol. The van der Waals surface area contributed by atoms with E-state index in [1.165, 1.54) is 3.57 Å². The lowest BCUT2D eigenvalue weighted by Gasteiger charge is -2.03. The maximum Gasteiger partial charge on any atom is 0.219 e. The monoisotopic (exact) mass is 289 g/mol. The van der Waals surface area contributed by atoms with Gasteiger partial charge in [-0.3, -0.25) is 4.79 Å². The van der Waals surface area contributed by atoms with E-state index in [4.69, 9.17) is 0 Å². The summed E-state index contributed by atoms with van der Waals surface area (Å²) in [6.45, 7) is 2.48. The third-order valence-electron chi connectivity index (χ3n) is 1.72. The fraction of sp³-hybridized carbons (Fsp3) is 0.300. The second kappa shape index (κ2) is 5.21. The average molecular weight is 289 g/mol. The molecule has 3 heteroatoms. The molecule has 0 bridgehead atoms. The maximum absolute atomic E-state index is 10.9. The zero-order valence-corrected chi connectivity index (χ0v) is 9.67. The second-order valence-corrected chi connectivity index (χ2v) is 4.00. The largest absolute Gasteiger partial charge is 0.352 e. The Morgan fingerprint density at radius 1 is 1.38 bits per heavy atom. The molecular formula is C10H12INO. The van der Waals surface area contributed by atoms with E-state index in [9.17, 15) is 4.79 Å². The van der Waals surface area contributed by atoms with Crippen LogP contribution in [0.4, 0.5) is 0 Å². The molecule has 1 aromatic rings. The Labute approximate surface area is 91.9 Å². The lowest BCUT2D eigenvalue weighted by molar-refractivity contribution is -0.120. The number of amides is 1. The summed E-state index contributed by atoms with van der Waals surface area (Å²) in [5.41, 5.74) is 1.14. The highest BCUT2D eigenvalue weighted by molar-refractivity contribution is 14.1. The maximum atomic E-state index is 10.9. The summed E-state index contributed by atoms with van der Waals surface area (Å²) in [7, 11) is 0. The smallest absolute Gasteiger partial charge is 0.219 e. The number of hydrogen-bond acceptors (Lipinski definition) is 1. The Morgan fingerprint density at radius 3 is 2.54 bits per heavy atom. The highest BCUT2D eigenvalue weighted by Gasteiger charge is 1.96. The van der Waals surface area contributed by atoms with Gasteiger partial charge in [-0.15, -0.1) is 0 Å². The van der Waals surface area contributed by atoms with Crippen LogP contribution in [0.2, 0.25) is 0 Å². The van der Waals surface area contributed by atoms with E-state index in [1.54, 1.807) is 0 Å². The van der Waals surface area contributed by atoms with E-state index < -0.39 is 0 Å². The third kappa shape index (κ3) is 3.76. The highest BCUT2D eigenvalue weighted by Crippen LogP contribution is 2.06. The number of carbonyl (C=O) groups excluding carboxylic acids is 1. The summed E-state index contributed by atoms with van der Waals surface area (Å²) in [5, 5.41) is 2.83. The number of halogens is 1. The van der Waals surface area contributed by atoms with Gasteiger partial charge >= 0.3 is 0 Å². The zero-order valence-electron chi connectivity index (χ0n) is 7.51. The minimum absolute atomic E-state index is 0.0959. The van der Waals surface area contributed by atoms with Crippen LogP contribution in [-0.4, -0.2) is 5.91 Å². The molecule has 0 aromatic heterocycles. The van der Waals surface area contributed by atoms with Crippen molar-refractivity contribution in [1.82, 2.24) is 5.32 Å². The molecule has 13 heavy (non-hydrogen) atoms. The summed E-state index contributed by atoms with van der Waals surface area (Å²) in [5.74, 6) is 0.0959. The van der Waals surface area contributed by atoms with E-state index in [1.807, 2.05) is 31.2 Å². The molecule has 0 heterocycles. The molecule has 0 saturated heterocycles. The van der Waals surface area contributed by atoms with Crippen LogP contribution in [0.25, 0.3) is 0 Å². The van der Waals surface area contributed by atoms with Crippen molar-refractivity contribution in [2.24, 2.45) is 0 Å². The third-order valence-corrected chi connectivity index (χ3v) is 2.44. The molecule has 1 aromatic carbocycles. The topological polar surface area (TPSA) is 29.1 Å². The Morgan fingerprint density at radius 2 is 2.00 bits per heavy atom. The number of carbonyl (C=O) groups is 1. The molecule has 1 N–H and O–H groups in total. The normalized spacial score (nSPS) is 9.69. The van der Waals surface area contributed by atoms with Gasteiger partial charge in [0.25, 0.3) is 0 Å². The standard InChI is InChI=1S/C10H12INO/c1-2-10(13)12-7-8-3-5-9(11)6-4-8/h3-6H,2,7H2,1H3,(H,12,13). The molecule has 0 fully saturated rings. The van der Waals surface area contributed by atoms with Crippen molar-refractivity contribution in [3.63, 3.8) is 0 Å². The minimum atomic E-state index is 0.0959. The molecule has 0 unspecified atom stereocenters. The Hall–Kier alpha value is -0.580. The molecule has 0 spiro atoms. The van der Waals surface area contributed by atoms with Crippen LogP contribution < -0.4 is 5.32 Å². The van der Waals surface area contributed by atoms with Crippen molar-refractivity contribution in [2.45, 2.75) is 19.9 Å². The molecule has 2 nitrogen and oxygen atoms in total. The van der Waals surface area contributed by atoms with Crippen LogP contribution in [-0.2, 0) is 11.3 Å². The molecule has 1 rings (SSSR count). The van der Waals surface area contributed by atoms with Crippen molar-refractivity contribution in [3.8, 4) is 0 Å². The molecular weight excluding hydrogens is 277 g/mol. The Balaban J connectivity index is 2.46. The van der Waals surface area contributed by atoms with E-state index in [2.05, 4.69) is 27.9 Å². The van der Waals surface area contributed by atoms with Crippen LogP contribution in [0.3, 0.4) is 0 Å². The van der Waals surface area contributed by atoms with Gasteiger partial charge in [-0.05, 0) is 40.3 Å². The quantitative estimate of drug-likeness (QED) is 0.850. The first-order valence-electron chi connectivity index (χ1n) is 4.23. The van der Waals surface area contributed by atoms with Crippen molar-refractivity contribution < 1.29 is 4.79 Å². The first-order chi connectivity index (χ1) is 6.22. The molecule has 70 valence electrons. The lowest BCUT2D eigenvalue weighted by Crippen LogP contribution is -2.21. The van der Waals surface area contributed by atoms with Crippen LogP contribution >= 0.6 is 22.6 Å². The fourth-order valence-corrected chi connectivity index (χ4v) is 1.29. The predicted octanol–water partition coefficient (Wildman–Crippen LogP) is 2.32. The van der Waals surface area contributed by atoms with Gasteiger partial charge in [0.2, 0.25) is 5.91 Å². The molecule has 0 atom stereocenters. The Kier molecular flexibility index (Phi) is 4.21. The van der Waals surface area contributed by atoms with Crippen molar-refractivity contribution in [1.29, 1.82) is 0 Å². The summed E-state index contributed by atoms with van der Waals surface area (Å²) in [6.07, 6.45) is 0.546. The first kappa shape index (κ1) is 10.5. The number of hydrogen-bond donors (Lipinski definition) is 1. The minimum Gasteiger partial charge on any atom is -0.352 e. The summed E-state index contributed by atoms with van der Waals surface area (Å²) >= 11 is 2.26. The van der Waals surface area contributed by atoms with E-state index >= 15 is 0 Å². The average Bonchev–Trinajstić information content (AvgIpc) is 2.16. The van der Waals surface area contributed by atoms with Crippen LogP contribution in [0.15, 0.2) is 24.3 Å². The number of nitrogens with one attached hydrogen (secondary N) is 1. The summed E-state index contributed by atoms with van der Waals surface area (Å²) < 4.78 is 1.21. The molecule has 0 aliphatic carbocycles. The summed E-state index contributed by atoms with van der Waals surface area (Å²) in [4.78, 5) is 10.9. The fourth-order valence-electron chi connectivity index (χ4n) is 0.928. The van der Waals surface area contributed by atoms with Gasteiger partial charge in [0.15, 0.2) is 0 Å². The van der Waals surface area contributed by atoms with Crippen molar-refractivity contribution >= 4 is 28.5 Å². The molecule has 0 radical (unpaired) electrons. The molecule has 1 amide bonds. The van der Waals surface area contributed by atoms with E-state index in [0.717, 1.165) is 5.56 Å². The van der Waals surface area contributed by atoms with Gasteiger partial charge in [-0.2, -0.15) is 0 Å². The van der Waals surface area contributed by atoms with Gasteiger partial charge in [0, 0.05) is 16.5 Å². The molecule has 0 aliphatic heterocycles. The van der Waals surface area contributed by atoms with Gasteiger partial charge in [0.05, 0.1) is 0 Å². The number of rotatable bonds is 3. The van der Waals surface area contributed by atoms with E-state index in [0.29, 0.717) is 13.0 Å².